The lowest BCUT2D eigenvalue weighted by Crippen LogP contribution is -2.51. The molecular formula is C12H19NO. The molecule has 2 aliphatic carbocycles. The summed E-state index contributed by atoms with van der Waals surface area (Å²) in [6, 6.07) is 0.469. The van der Waals surface area contributed by atoms with Gasteiger partial charge in [-0.2, -0.15) is 0 Å². The van der Waals surface area contributed by atoms with Gasteiger partial charge in [-0.3, -0.25) is 0 Å². The van der Waals surface area contributed by atoms with Crippen LogP contribution in [0, 0.1) is 17.3 Å². The van der Waals surface area contributed by atoms with Crippen molar-refractivity contribution >= 4 is 0 Å². The molecule has 2 aliphatic heterocycles. The largest absolute Gasteiger partial charge is 0.374 e. The first-order chi connectivity index (χ1) is 6.80. The van der Waals surface area contributed by atoms with Crippen molar-refractivity contribution in [1.82, 2.24) is 0 Å². The van der Waals surface area contributed by atoms with Crippen molar-refractivity contribution in [2.45, 2.75) is 56.8 Å². The zero-order valence-corrected chi connectivity index (χ0v) is 8.61. The van der Waals surface area contributed by atoms with Gasteiger partial charge < -0.3 is 10.5 Å². The summed E-state index contributed by atoms with van der Waals surface area (Å²) >= 11 is 0. The molecule has 0 radical (unpaired) electrons. The highest BCUT2D eigenvalue weighted by Crippen LogP contribution is 2.65. The molecule has 4 aliphatic rings. The summed E-state index contributed by atoms with van der Waals surface area (Å²) < 4.78 is 6.05. The van der Waals surface area contributed by atoms with Crippen molar-refractivity contribution in [1.29, 1.82) is 0 Å². The predicted octanol–water partition coefficient (Wildman–Crippen LogP) is 1.68. The maximum atomic E-state index is 6.47. The van der Waals surface area contributed by atoms with Crippen molar-refractivity contribution in [3.8, 4) is 0 Å². The minimum atomic E-state index is 0.436. The number of hydrogen-bond donors (Lipinski definition) is 1. The van der Waals surface area contributed by atoms with Gasteiger partial charge in [0.25, 0.3) is 0 Å². The summed E-state index contributed by atoms with van der Waals surface area (Å²) in [7, 11) is 0. The standard InChI is InChI=1S/C12H19NO/c13-11-7-1-2-8(5-7)12(11)6-9-3-4-10(12)14-9/h7-11H,1-6,13H2/t7-,8+,9+,10?,11+,12?/m0/s1. The summed E-state index contributed by atoms with van der Waals surface area (Å²) in [5.74, 6) is 1.75. The van der Waals surface area contributed by atoms with E-state index in [1.54, 1.807) is 0 Å². The molecule has 4 bridgehead atoms. The van der Waals surface area contributed by atoms with Crippen LogP contribution >= 0.6 is 0 Å². The Bertz CT molecular complexity index is 268. The second kappa shape index (κ2) is 2.35. The van der Waals surface area contributed by atoms with E-state index in [0.29, 0.717) is 23.7 Å². The minimum absolute atomic E-state index is 0.436. The molecule has 0 aromatic rings. The van der Waals surface area contributed by atoms with E-state index >= 15 is 0 Å². The first-order valence-corrected chi connectivity index (χ1v) is 6.22. The van der Waals surface area contributed by atoms with Crippen LogP contribution in [-0.2, 0) is 4.74 Å². The van der Waals surface area contributed by atoms with Gasteiger partial charge in [0.2, 0.25) is 0 Å². The third kappa shape index (κ3) is 0.704. The van der Waals surface area contributed by atoms with Crippen LogP contribution in [0.2, 0.25) is 0 Å². The molecule has 6 atom stereocenters. The van der Waals surface area contributed by atoms with Gasteiger partial charge in [-0.15, -0.1) is 0 Å². The Hall–Kier alpha value is -0.0800. The molecule has 2 heterocycles. The molecule has 2 saturated carbocycles. The molecular weight excluding hydrogens is 174 g/mol. The van der Waals surface area contributed by atoms with E-state index in [1.165, 1.54) is 38.5 Å². The third-order valence-corrected chi connectivity index (χ3v) is 5.65. The molecule has 2 nitrogen and oxygen atoms in total. The lowest BCUT2D eigenvalue weighted by atomic mass is 9.62. The lowest BCUT2D eigenvalue weighted by Gasteiger charge is -2.43. The van der Waals surface area contributed by atoms with E-state index in [0.717, 1.165) is 11.8 Å². The molecule has 0 aromatic heterocycles. The van der Waals surface area contributed by atoms with Crippen LogP contribution in [0.4, 0.5) is 0 Å². The quantitative estimate of drug-likeness (QED) is 0.635. The zero-order valence-electron chi connectivity index (χ0n) is 8.61. The minimum Gasteiger partial charge on any atom is -0.374 e. The van der Waals surface area contributed by atoms with Crippen molar-refractivity contribution in [3.63, 3.8) is 0 Å². The van der Waals surface area contributed by atoms with Gasteiger partial charge in [0.15, 0.2) is 0 Å². The fourth-order valence-corrected chi connectivity index (χ4v) is 5.10. The second-order valence-corrected chi connectivity index (χ2v) is 5.94. The molecule has 0 aromatic carbocycles. The molecule has 2 unspecified atom stereocenters. The van der Waals surface area contributed by atoms with E-state index in [1.807, 2.05) is 0 Å². The summed E-state index contributed by atoms with van der Waals surface area (Å²) in [6.45, 7) is 0. The summed E-state index contributed by atoms with van der Waals surface area (Å²) in [4.78, 5) is 0. The van der Waals surface area contributed by atoms with Crippen molar-refractivity contribution in [3.05, 3.63) is 0 Å². The van der Waals surface area contributed by atoms with Crippen LogP contribution in [0.1, 0.15) is 38.5 Å². The molecule has 78 valence electrons. The number of rotatable bonds is 0. The van der Waals surface area contributed by atoms with Crippen LogP contribution in [0.15, 0.2) is 0 Å². The maximum absolute atomic E-state index is 6.47. The first kappa shape index (κ1) is 8.12. The van der Waals surface area contributed by atoms with Gasteiger partial charge in [0, 0.05) is 11.5 Å². The van der Waals surface area contributed by atoms with E-state index in [2.05, 4.69) is 0 Å². The van der Waals surface area contributed by atoms with E-state index in [4.69, 9.17) is 10.5 Å². The Labute approximate surface area is 85.2 Å². The normalized spacial score (nSPS) is 64.5. The average molecular weight is 193 g/mol. The van der Waals surface area contributed by atoms with Crippen LogP contribution < -0.4 is 5.73 Å². The second-order valence-electron chi connectivity index (χ2n) is 5.94. The Morgan fingerprint density at radius 2 is 2.07 bits per heavy atom. The molecule has 2 saturated heterocycles. The first-order valence-electron chi connectivity index (χ1n) is 6.22. The van der Waals surface area contributed by atoms with E-state index in [-0.39, 0.29) is 0 Å². The highest BCUT2D eigenvalue weighted by molar-refractivity contribution is 5.16. The fourth-order valence-electron chi connectivity index (χ4n) is 5.10. The highest BCUT2D eigenvalue weighted by atomic mass is 16.5. The summed E-state index contributed by atoms with van der Waals surface area (Å²) in [5.41, 5.74) is 6.90. The molecule has 0 amide bonds. The molecule has 1 spiro atoms. The lowest BCUT2D eigenvalue weighted by molar-refractivity contribution is 0.0185. The fraction of sp³-hybridized carbons (Fsp3) is 1.00. The maximum Gasteiger partial charge on any atom is 0.0654 e. The third-order valence-electron chi connectivity index (χ3n) is 5.65. The molecule has 2 N–H and O–H groups in total. The van der Waals surface area contributed by atoms with Crippen molar-refractivity contribution in [2.75, 3.05) is 0 Å². The van der Waals surface area contributed by atoms with Gasteiger partial charge in [0.1, 0.15) is 0 Å². The Kier molecular flexibility index (Phi) is 1.37. The Balaban J connectivity index is 1.76. The molecule has 2 heteroatoms. The Morgan fingerprint density at radius 3 is 2.64 bits per heavy atom. The van der Waals surface area contributed by atoms with Crippen LogP contribution in [0.5, 0.6) is 0 Å². The number of fused-ring (bicyclic) bond motifs is 6. The smallest absolute Gasteiger partial charge is 0.0654 e. The summed E-state index contributed by atoms with van der Waals surface area (Å²) in [6.07, 6.45) is 9.24. The number of nitrogens with two attached hydrogens (primary N) is 1. The van der Waals surface area contributed by atoms with Gasteiger partial charge in [-0.05, 0) is 50.4 Å². The van der Waals surface area contributed by atoms with Gasteiger partial charge >= 0.3 is 0 Å². The van der Waals surface area contributed by atoms with Gasteiger partial charge in [-0.25, -0.2) is 0 Å². The molecule has 4 fully saturated rings. The monoisotopic (exact) mass is 193 g/mol. The predicted molar refractivity (Wildman–Crippen MR) is 53.8 cm³/mol. The SMILES string of the molecule is N[C@@H]1[C@H]2CC[C@H](C2)C12C[C@H]1CCC2O1. The van der Waals surface area contributed by atoms with Crippen molar-refractivity contribution < 1.29 is 4.74 Å². The topological polar surface area (TPSA) is 35.2 Å². The van der Waals surface area contributed by atoms with Crippen LogP contribution in [-0.4, -0.2) is 18.2 Å². The van der Waals surface area contributed by atoms with Gasteiger partial charge in [0.05, 0.1) is 12.2 Å². The average Bonchev–Trinajstić information content (AvgIpc) is 2.91. The summed E-state index contributed by atoms with van der Waals surface area (Å²) in [5, 5.41) is 0. The molecule has 14 heavy (non-hydrogen) atoms. The van der Waals surface area contributed by atoms with Crippen LogP contribution in [0.25, 0.3) is 0 Å². The van der Waals surface area contributed by atoms with Gasteiger partial charge in [-0.1, -0.05) is 0 Å². The Morgan fingerprint density at radius 1 is 1.14 bits per heavy atom. The number of hydrogen-bond acceptors (Lipinski definition) is 2. The van der Waals surface area contributed by atoms with Crippen molar-refractivity contribution in [2.24, 2.45) is 23.0 Å². The highest BCUT2D eigenvalue weighted by Gasteiger charge is 2.65. The van der Waals surface area contributed by atoms with E-state index < -0.39 is 0 Å². The molecule has 4 rings (SSSR count). The number of ether oxygens (including phenoxy) is 1. The zero-order chi connectivity index (χ0) is 9.34. The van der Waals surface area contributed by atoms with Crippen LogP contribution in [0.3, 0.4) is 0 Å². The van der Waals surface area contributed by atoms with E-state index in [9.17, 15) is 0 Å².